The molecule has 0 aromatic rings. The SMILES string of the molecule is O=C(O)CCS(=O)(=O)NCC1CC=CCC1. The molecule has 6 heteroatoms. The van der Waals surface area contributed by atoms with Crippen molar-refractivity contribution in [3.8, 4) is 0 Å². The van der Waals surface area contributed by atoms with Crippen LogP contribution in [0.2, 0.25) is 0 Å². The van der Waals surface area contributed by atoms with E-state index in [1.165, 1.54) is 0 Å². The highest BCUT2D eigenvalue weighted by atomic mass is 32.2. The van der Waals surface area contributed by atoms with Crippen LogP contribution in [0.3, 0.4) is 0 Å². The van der Waals surface area contributed by atoms with Crippen molar-refractivity contribution >= 4 is 16.0 Å². The molecule has 1 unspecified atom stereocenters. The third kappa shape index (κ3) is 5.27. The van der Waals surface area contributed by atoms with Gasteiger partial charge in [0.1, 0.15) is 0 Å². The second kappa shape index (κ2) is 6.00. The van der Waals surface area contributed by atoms with Gasteiger partial charge >= 0.3 is 5.97 Å². The van der Waals surface area contributed by atoms with Gasteiger partial charge in [0.25, 0.3) is 0 Å². The van der Waals surface area contributed by atoms with Gasteiger partial charge in [-0.1, -0.05) is 12.2 Å². The van der Waals surface area contributed by atoms with Crippen molar-refractivity contribution in [1.29, 1.82) is 0 Å². The second-order valence-corrected chi connectivity index (χ2v) is 5.89. The largest absolute Gasteiger partial charge is 0.481 e. The van der Waals surface area contributed by atoms with Crippen molar-refractivity contribution in [1.82, 2.24) is 4.72 Å². The van der Waals surface area contributed by atoms with Gasteiger partial charge in [-0.2, -0.15) is 0 Å². The number of carboxylic acids is 1. The Kier molecular flexibility index (Phi) is 4.95. The standard InChI is InChI=1S/C10H17NO4S/c12-10(13)6-7-16(14,15)11-8-9-4-2-1-3-5-9/h1-2,9,11H,3-8H2,(H,12,13). The Balaban J connectivity index is 2.29. The molecule has 1 aliphatic rings. The molecule has 0 amide bonds. The smallest absolute Gasteiger partial charge is 0.304 e. The monoisotopic (exact) mass is 247 g/mol. The summed E-state index contributed by atoms with van der Waals surface area (Å²) in [6.45, 7) is 0.409. The highest BCUT2D eigenvalue weighted by Gasteiger charge is 2.16. The summed E-state index contributed by atoms with van der Waals surface area (Å²) in [5, 5.41) is 8.39. The summed E-state index contributed by atoms with van der Waals surface area (Å²) in [4.78, 5) is 10.3. The molecule has 0 bridgehead atoms. The molecule has 0 heterocycles. The molecule has 0 aromatic carbocycles. The summed E-state index contributed by atoms with van der Waals surface area (Å²) in [5.74, 6) is -1.10. The Morgan fingerprint density at radius 3 is 2.75 bits per heavy atom. The van der Waals surface area contributed by atoms with E-state index < -0.39 is 16.0 Å². The van der Waals surface area contributed by atoms with Gasteiger partial charge in [0, 0.05) is 6.54 Å². The van der Waals surface area contributed by atoms with Crippen LogP contribution in [0, 0.1) is 5.92 Å². The van der Waals surface area contributed by atoms with E-state index in [-0.39, 0.29) is 12.2 Å². The second-order valence-electron chi connectivity index (χ2n) is 3.96. The minimum Gasteiger partial charge on any atom is -0.481 e. The number of aliphatic carboxylic acids is 1. The molecule has 5 nitrogen and oxygen atoms in total. The molecule has 1 aliphatic carbocycles. The van der Waals surface area contributed by atoms with Gasteiger partial charge in [-0.3, -0.25) is 4.79 Å². The van der Waals surface area contributed by atoms with Gasteiger partial charge in [-0.05, 0) is 25.2 Å². The topological polar surface area (TPSA) is 83.5 Å². The van der Waals surface area contributed by atoms with Gasteiger partial charge in [-0.15, -0.1) is 0 Å². The minimum absolute atomic E-state index is 0.338. The van der Waals surface area contributed by atoms with E-state index in [4.69, 9.17) is 5.11 Å². The first kappa shape index (κ1) is 13.2. The molecule has 0 radical (unpaired) electrons. The third-order valence-corrected chi connectivity index (χ3v) is 3.90. The van der Waals surface area contributed by atoms with E-state index >= 15 is 0 Å². The predicted octanol–water partition coefficient (Wildman–Crippen LogP) is 0.737. The fraction of sp³-hybridized carbons (Fsp3) is 0.700. The zero-order valence-corrected chi connectivity index (χ0v) is 9.87. The van der Waals surface area contributed by atoms with E-state index in [0.29, 0.717) is 12.5 Å². The van der Waals surface area contributed by atoms with Crippen LogP contribution in [0.25, 0.3) is 0 Å². The number of carbonyl (C=O) groups is 1. The summed E-state index contributed by atoms with van der Waals surface area (Å²) in [6.07, 6.45) is 6.66. The number of carboxylic acid groups (broad SMARTS) is 1. The first-order valence-corrected chi connectivity index (χ1v) is 6.99. The fourth-order valence-electron chi connectivity index (χ4n) is 1.58. The molecule has 16 heavy (non-hydrogen) atoms. The number of allylic oxidation sites excluding steroid dienone is 2. The Bertz CT molecular complexity index is 361. The highest BCUT2D eigenvalue weighted by molar-refractivity contribution is 7.89. The van der Waals surface area contributed by atoms with Crippen molar-refractivity contribution in [3.63, 3.8) is 0 Å². The first-order valence-electron chi connectivity index (χ1n) is 5.34. The lowest BCUT2D eigenvalue weighted by Gasteiger charge is -2.17. The minimum atomic E-state index is -3.43. The zero-order chi connectivity index (χ0) is 12.0. The molecule has 92 valence electrons. The van der Waals surface area contributed by atoms with Crippen molar-refractivity contribution in [3.05, 3.63) is 12.2 Å². The van der Waals surface area contributed by atoms with Crippen molar-refractivity contribution in [2.24, 2.45) is 5.92 Å². The summed E-state index contributed by atoms with van der Waals surface area (Å²) in [6, 6.07) is 0. The summed E-state index contributed by atoms with van der Waals surface area (Å²) in [7, 11) is -3.43. The van der Waals surface area contributed by atoms with E-state index in [1.54, 1.807) is 0 Å². The fourth-order valence-corrected chi connectivity index (χ4v) is 2.66. The average molecular weight is 247 g/mol. The van der Waals surface area contributed by atoms with Crippen LogP contribution in [-0.2, 0) is 14.8 Å². The molecular formula is C10H17NO4S. The molecule has 0 aliphatic heterocycles. The van der Waals surface area contributed by atoms with Gasteiger partial charge in [0.2, 0.25) is 10.0 Å². The lowest BCUT2D eigenvalue weighted by atomic mass is 9.95. The Morgan fingerprint density at radius 1 is 1.44 bits per heavy atom. The predicted molar refractivity (Wildman–Crippen MR) is 60.5 cm³/mol. The molecule has 1 atom stereocenters. The lowest BCUT2D eigenvalue weighted by molar-refractivity contribution is -0.136. The van der Waals surface area contributed by atoms with Gasteiger partial charge in [0.05, 0.1) is 12.2 Å². The van der Waals surface area contributed by atoms with Crippen LogP contribution >= 0.6 is 0 Å². The van der Waals surface area contributed by atoms with Gasteiger partial charge < -0.3 is 5.11 Å². The van der Waals surface area contributed by atoms with Crippen LogP contribution in [-0.4, -0.2) is 31.8 Å². The van der Waals surface area contributed by atoms with E-state index in [2.05, 4.69) is 16.9 Å². The first-order chi connectivity index (χ1) is 7.49. The highest BCUT2D eigenvalue weighted by Crippen LogP contribution is 2.17. The van der Waals surface area contributed by atoms with Crippen molar-refractivity contribution in [2.45, 2.75) is 25.7 Å². The van der Waals surface area contributed by atoms with Gasteiger partial charge in [-0.25, -0.2) is 13.1 Å². The van der Waals surface area contributed by atoms with Crippen LogP contribution in [0.15, 0.2) is 12.2 Å². The summed E-state index contributed by atoms with van der Waals surface area (Å²) < 4.78 is 25.2. The molecule has 0 saturated carbocycles. The maximum atomic E-state index is 11.4. The maximum absolute atomic E-state index is 11.4. The maximum Gasteiger partial charge on any atom is 0.304 e. The van der Waals surface area contributed by atoms with E-state index in [9.17, 15) is 13.2 Å². The quantitative estimate of drug-likeness (QED) is 0.678. The van der Waals surface area contributed by atoms with Crippen LogP contribution in [0.1, 0.15) is 25.7 Å². The molecule has 0 spiro atoms. The third-order valence-electron chi connectivity index (χ3n) is 2.55. The lowest BCUT2D eigenvalue weighted by Crippen LogP contribution is -2.32. The van der Waals surface area contributed by atoms with Crippen LogP contribution in [0.5, 0.6) is 0 Å². The van der Waals surface area contributed by atoms with Crippen LogP contribution in [0.4, 0.5) is 0 Å². The number of hydrogen-bond donors (Lipinski definition) is 2. The number of sulfonamides is 1. The van der Waals surface area contributed by atoms with E-state index in [0.717, 1.165) is 19.3 Å². The molecule has 2 N–H and O–H groups in total. The van der Waals surface area contributed by atoms with Crippen LogP contribution < -0.4 is 4.72 Å². The summed E-state index contributed by atoms with van der Waals surface area (Å²) in [5.41, 5.74) is 0. The molecular weight excluding hydrogens is 230 g/mol. The Morgan fingerprint density at radius 2 is 2.19 bits per heavy atom. The summed E-state index contributed by atoms with van der Waals surface area (Å²) >= 11 is 0. The molecule has 0 aromatic heterocycles. The van der Waals surface area contributed by atoms with E-state index in [1.807, 2.05) is 0 Å². The van der Waals surface area contributed by atoms with Crippen molar-refractivity contribution < 1.29 is 18.3 Å². The number of hydrogen-bond acceptors (Lipinski definition) is 3. The Hall–Kier alpha value is -0.880. The molecule has 0 saturated heterocycles. The Labute approximate surface area is 95.6 Å². The zero-order valence-electron chi connectivity index (χ0n) is 9.05. The molecule has 0 fully saturated rings. The van der Waals surface area contributed by atoms with Gasteiger partial charge in [0.15, 0.2) is 0 Å². The molecule has 1 rings (SSSR count). The normalized spacial score (nSPS) is 20.9. The number of rotatable bonds is 6. The number of nitrogens with one attached hydrogen (secondary N) is 1. The van der Waals surface area contributed by atoms with Crippen molar-refractivity contribution in [2.75, 3.05) is 12.3 Å². The average Bonchev–Trinajstić information content (AvgIpc) is 2.26.